The van der Waals surface area contributed by atoms with E-state index in [1.54, 1.807) is 4.68 Å². The van der Waals surface area contributed by atoms with Gasteiger partial charge in [-0.1, -0.05) is 50.7 Å². The lowest BCUT2D eigenvalue weighted by Gasteiger charge is -2.14. The molecule has 3 aromatic rings. The summed E-state index contributed by atoms with van der Waals surface area (Å²) in [5.41, 5.74) is 1.78. The summed E-state index contributed by atoms with van der Waals surface area (Å²) >= 11 is 2.71. The van der Waals surface area contributed by atoms with Crippen LogP contribution in [0.3, 0.4) is 0 Å². The monoisotopic (exact) mass is 374 g/mol. The van der Waals surface area contributed by atoms with Gasteiger partial charge in [0.15, 0.2) is 5.13 Å². The molecule has 0 aliphatic rings. The van der Waals surface area contributed by atoms with Crippen LogP contribution in [0, 0.1) is 0 Å². The number of carbonyl (C=O) groups excluding carboxylic acids is 1. The number of amides is 1. The molecule has 0 radical (unpaired) electrons. The maximum Gasteiger partial charge on any atom is 0.236 e. The molecular formula is C16H18N6OS2. The smallest absolute Gasteiger partial charge is 0.236 e. The third kappa shape index (κ3) is 4.43. The third-order valence-corrected chi connectivity index (χ3v) is 4.97. The number of carbonyl (C=O) groups is 1. The lowest BCUT2D eigenvalue weighted by molar-refractivity contribution is -0.113. The number of rotatable bonds is 5. The molecular weight excluding hydrogens is 356 g/mol. The van der Waals surface area contributed by atoms with E-state index in [1.165, 1.54) is 23.1 Å². The number of aromatic nitrogens is 5. The van der Waals surface area contributed by atoms with Crippen molar-refractivity contribution >= 4 is 34.1 Å². The molecule has 0 aliphatic heterocycles. The highest BCUT2D eigenvalue weighted by Crippen LogP contribution is 2.26. The minimum Gasteiger partial charge on any atom is -0.301 e. The molecule has 0 bridgehead atoms. The number of benzene rings is 1. The van der Waals surface area contributed by atoms with Crippen LogP contribution in [-0.2, 0) is 10.2 Å². The molecule has 0 aliphatic carbocycles. The second-order valence-electron chi connectivity index (χ2n) is 6.33. The molecule has 7 nitrogen and oxygen atoms in total. The zero-order chi connectivity index (χ0) is 17.9. The summed E-state index contributed by atoms with van der Waals surface area (Å²) in [5.74, 6) is 0.0693. The van der Waals surface area contributed by atoms with E-state index < -0.39 is 0 Å². The Balaban J connectivity index is 1.60. The Morgan fingerprint density at radius 3 is 2.72 bits per heavy atom. The van der Waals surface area contributed by atoms with Crippen LogP contribution in [0.4, 0.5) is 5.13 Å². The summed E-state index contributed by atoms with van der Waals surface area (Å²) in [6, 6.07) is 9.56. The Morgan fingerprint density at radius 2 is 2.04 bits per heavy atom. The van der Waals surface area contributed by atoms with Gasteiger partial charge in [-0.25, -0.2) is 4.98 Å². The van der Waals surface area contributed by atoms with E-state index in [4.69, 9.17) is 0 Å². The van der Waals surface area contributed by atoms with Gasteiger partial charge in [0.2, 0.25) is 11.1 Å². The van der Waals surface area contributed by atoms with Gasteiger partial charge in [0.25, 0.3) is 0 Å². The van der Waals surface area contributed by atoms with Crippen LogP contribution >= 0.6 is 23.1 Å². The van der Waals surface area contributed by atoms with Crippen molar-refractivity contribution in [1.82, 2.24) is 25.2 Å². The molecule has 0 unspecified atom stereocenters. The minimum absolute atomic E-state index is 0.0357. The van der Waals surface area contributed by atoms with Crippen LogP contribution in [0.2, 0.25) is 0 Å². The fourth-order valence-electron chi connectivity index (χ4n) is 1.96. The molecule has 0 saturated carbocycles. The summed E-state index contributed by atoms with van der Waals surface area (Å²) in [7, 11) is 0. The van der Waals surface area contributed by atoms with Crippen LogP contribution in [0.1, 0.15) is 26.5 Å². The first kappa shape index (κ1) is 17.6. The van der Waals surface area contributed by atoms with Gasteiger partial charge in [0.05, 0.1) is 17.1 Å². The molecule has 3 rings (SSSR count). The zero-order valence-corrected chi connectivity index (χ0v) is 15.8. The summed E-state index contributed by atoms with van der Waals surface area (Å²) in [6.45, 7) is 6.27. The molecule has 0 fully saturated rings. The van der Waals surface area contributed by atoms with Crippen molar-refractivity contribution in [3.05, 3.63) is 41.4 Å². The normalized spacial score (nSPS) is 11.5. The van der Waals surface area contributed by atoms with E-state index in [-0.39, 0.29) is 17.1 Å². The standard InChI is InChI=1S/C16H18N6OS2/c1-16(2,3)12-9-24-14(17-12)18-13(23)10-25-15-19-20-21-22(15)11-7-5-4-6-8-11/h4-9H,10H2,1-3H3,(H,17,18,23). The van der Waals surface area contributed by atoms with Crippen molar-refractivity contribution in [2.45, 2.75) is 31.3 Å². The van der Waals surface area contributed by atoms with Crippen LogP contribution in [0.5, 0.6) is 0 Å². The summed E-state index contributed by atoms with van der Waals surface area (Å²) in [5, 5.41) is 17.6. The van der Waals surface area contributed by atoms with Crippen LogP contribution in [-0.4, -0.2) is 36.9 Å². The number of hydrogen-bond acceptors (Lipinski definition) is 7. The van der Waals surface area contributed by atoms with Gasteiger partial charge in [0, 0.05) is 10.8 Å². The first-order chi connectivity index (χ1) is 11.9. The van der Waals surface area contributed by atoms with Crippen molar-refractivity contribution in [3.8, 4) is 5.69 Å². The van der Waals surface area contributed by atoms with Crippen LogP contribution < -0.4 is 5.32 Å². The molecule has 2 heterocycles. The lowest BCUT2D eigenvalue weighted by Crippen LogP contribution is -2.16. The number of nitrogens with zero attached hydrogens (tertiary/aromatic N) is 5. The van der Waals surface area contributed by atoms with Gasteiger partial charge >= 0.3 is 0 Å². The maximum absolute atomic E-state index is 12.2. The summed E-state index contributed by atoms with van der Waals surface area (Å²) in [6.07, 6.45) is 0. The van der Waals surface area contributed by atoms with Gasteiger partial charge in [0.1, 0.15) is 0 Å². The molecule has 0 spiro atoms. The number of para-hydroxylation sites is 1. The van der Waals surface area contributed by atoms with Crippen molar-refractivity contribution in [1.29, 1.82) is 0 Å². The van der Waals surface area contributed by atoms with E-state index >= 15 is 0 Å². The lowest BCUT2D eigenvalue weighted by atomic mass is 9.93. The predicted octanol–water partition coefficient (Wildman–Crippen LogP) is 3.15. The van der Waals surface area contributed by atoms with Crippen LogP contribution in [0.15, 0.2) is 40.9 Å². The first-order valence-corrected chi connectivity index (χ1v) is 9.52. The molecule has 0 atom stereocenters. The van der Waals surface area contributed by atoms with Crippen molar-refractivity contribution in [2.75, 3.05) is 11.1 Å². The number of thiazole rings is 1. The second-order valence-corrected chi connectivity index (χ2v) is 8.13. The van der Waals surface area contributed by atoms with Gasteiger partial charge in [-0.3, -0.25) is 4.79 Å². The largest absolute Gasteiger partial charge is 0.301 e. The molecule has 1 aromatic carbocycles. The average Bonchev–Trinajstić information content (AvgIpc) is 3.22. The number of tetrazole rings is 1. The average molecular weight is 374 g/mol. The summed E-state index contributed by atoms with van der Waals surface area (Å²) < 4.78 is 1.61. The number of thioether (sulfide) groups is 1. The maximum atomic E-state index is 12.2. The Hall–Kier alpha value is -2.26. The van der Waals surface area contributed by atoms with Crippen molar-refractivity contribution < 1.29 is 4.79 Å². The third-order valence-electron chi connectivity index (χ3n) is 3.29. The van der Waals surface area contributed by atoms with E-state index in [9.17, 15) is 4.79 Å². The van der Waals surface area contributed by atoms with Crippen molar-refractivity contribution in [3.63, 3.8) is 0 Å². The quantitative estimate of drug-likeness (QED) is 0.691. The number of nitrogens with one attached hydrogen (secondary N) is 1. The van der Waals surface area contributed by atoms with E-state index in [1.807, 2.05) is 35.7 Å². The highest BCUT2D eigenvalue weighted by atomic mass is 32.2. The van der Waals surface area contributed by atoms with Gasteiger partial charge in [-0.05, 0) is 22.6 Å². The van der Waals surface area contributed by atoms with Crippen LogP contribution in [0.25, 0.3) is 5.69 Å². The van der Waals surface area contributed by atoms with E-state index in [2.05, 4.69) is 46.6 Å². The topological polar surface area (TPSA) is 85.6 Å². The molecule has 0 saturated heterocycles. The Kier molecular flexibility index (Phi) is 5.14. The van der Waals surface area contributed by atoms with Gasteiger partial charge in [-0.2, -0.15) is 4.68 Å². The fraction of sp³-hybridized carbons (Fsp3) is 0.312. The molecule has 130 valence electrons. The number of anilines is 1. The summed E-state index contributed by atoms with van der Waals surface area (Å²) in [4.78, 5) is 16.6. The Labute approximate surface area is 153 Å². The van der Waals surface area contributed by atoms with Crippen molar-refractivity contribution in [2.24, 2.45) is 0 Å². The first-order valence-electron chi connectivity index (χ1n) is 7.66. The predicted molar refractivity (Wildman–Crippen MR) is 99.3 cm³/mol. The SMILES string of the molecule is CC(C)(C)c1csc(NC(=O)CSc2nnnn2-c2ccccc2)n1. The molecule has 25 heavy (non-hydrogen) atoms. The van der Waals surface area contributed by atoms with E-state index in [0.29, 0.717) is 10.3 Å². The number of hydrogen-bond donors (Lipinski definition) is 1. The van der Waals surface area contributed by atoms with Gasteiger partial charge < -0.3 is 5.32 Å². The minimum atomic E-state index is -0.137. The fourth-order valence-corrected chi connectivity index (χ4v) is 3.61. The molecule has 2 aromatic heterocycles. The second kappa shape index (κ2) is 7.32. The Bertz CT molecular complexity index is 853. The highest BCUT2D eigenvalue weighted by Gasteiger charge is 2.18. The molecule has 9 heteroatoms. The Morgan fingerprint density at radius 1 is 1.28 bits per heavy atom. The molecule has 1 N–H and O–H groups in total. The zero-order valence-electron chi connectivity index (χ0n) is 14.1. The van der Waals surface area contributed by atoms with E-state index in [0.717, 1.165) is 11.4 Å². The van der Waals surface area contributed by atoms with Gasteiger partial charge in [-0.15, -0.1) is 16.4 Å². The molecule has 1 amide bonds. The highest BCUT2D eigenvalue weighted by molar-refractivity contribution is 7.99.